The molecule has 0 saturated heterocycles. The Labute approximate surface area is 151 Å². The highest BCUT2D eigenvalue weighted by atomic mass is 32.2. The number of rotatable bonds is 7. The Hall–Kier alpha value is -2.04. The molecule has 2 aromatic carbocycles. The quantitative estimate of drug-likeness (QED) is 0.769. The number of halogens is 2. The van der Waals surface area contributed by atoms with Crippen LogP contribution in [-0.2, 0) is 20.0 Å². The fourth-order valence-electron chi connectivity index (χ4n) is 2.31. The zero-order chi connectivity index (χ0) is 19.5. The lowest BCUT2D eigenvalue weighted by Crippen LogP contribution is -2.30. The van der Waals surface area contributed by atoms with Crippen molar-refractivity contribution in [3.63, 3.8) is 0 Å². The molecule has 0 aliphatic heterocycles. The lowest BCUT2D eigenvalue weighted by molar-refractivity contribution is 0.445. The van der Waals surface area contributed by atoms with Gasteiger partial charge in [0.2, 0.25) is 10.0 Å². The molecule has 0 aliphatic rings. The average molecular weight is 404 g/mol. The summed E-state index contributed by atoms with van der Waals surface area (Å²) >= 11 is 0. The summed E-state index contributed by atoms with van der Waals surface area (Å²) in [7, 11) is -7.96. The third-order valence-corrected chi connectivity index (χ3v) is 7.11. The number of benzene rings is 2. The van der Waals surface area contributed by atoms with E-state index in [1.165, 1.54) is 28.6 Å². The molecule has 0 aliphatic carbocycles. The molecule has 0 atom stereocenters. The van der Waals surface area contributed by atoms with E-state index in [0.29, 0.717) is 19.2 Å². The summed E-state index contributed by atoms with van der Waals surface area (Å²) in [5, 5.41) is 0. The zero-order valence-electron chi connectivity index (χ0n) is 14.1. The standard InChI is InChI=1S/C16H18F2N2O4S2/c1-3-20(4-2)26(23,24)14-8-6-13(7-9-14)19-25(21,22)16-10-5-12(17)11-15(16)18/h5-11,19H,3-4H2,1-2H3. The van der Waals surface area contributed by atoms with E-state index in [0.717, 1.165) is 12.1 Å². The van der Waals surface area contributed by atoms with Gasteiger partial charge in [-0.05, 0) is 36.4 Å². The van der Waals surface area contributed by atoms with Crippen molar-refractivity contribution in [2.24, 2.45) is 0 Å². The largest absolute Gasteiger partial charge is 0.280 e. The fraction of sp³-hybridized carbons (Fsp3) is 0.250. The minimum Gasteiger partial charge on any atom is -0.280 e. The summed E-state index contributed by atoms with van der Waals surface area (Å²) < 4.78 is 79.2. The smallest absolute Gasteiger partial charge is 0.264 e. The molecule has 0 fully saturated rings. The molecule has 0 amide bonds. The Kier molecular flexibility index (Phi) is 5.99. The SMILES string of the molecule is CCN(CC)S(=O)(=O)c1ccc(NS(=O)(=O)c2ccc(F)cc2F)cc1. The third kappa shape index (κ3) is 4.19. The predicted molar refractivity (Wildman–Crippen MR) is 93.7 cm³/mol. The third-order valence-electron chi connectivity index (χ3n) is 3.63. The van der Waals surface area contributed by atoms with Crippen molar-refractivity contribution in [1.29, 1.82) is 0 Å². The van der Waals surface area contributed by atoms with E-state index in [9.17, 15) is 25.6 Å². The van der Waals surface area contributed by atoms with Crippen molar-refractivity contribution in [1.82, 2.24) is 4.31 Å². The van der Waals surface area contributed by atoms with Gasteiger partial charge >= 0.3 is 0 Å². The van der Waals surface area contributed by atoms with Crippen molar-refractivity contribution < 1.29 is 25.6 Å². The predicted octanol–water partition coefficient (Wildman–Crippen LogP) is 2.80. The fourth-order valence-corrected chi connectivity index (χ4v) is 4.89. The van der Waals surface area contributed by atoms with Gasteiger partial charge in [0.25, 0.3) is 10.0 Å². The number of hydrogen-bond acceptors (Lipinski definition) is 4. The van der Waals surface area contributed by atoms with Crippen LogP contribution in [0, 0.1) is 11.6 Å². The van der Waals surface area contributed by atoms with Crippen LogP contribution in [0.1, 0.15) is 13.8 Å². The first-order valence-electron chi connectivity index (χ1n) is 7.70. The maximum atomic E-state index is 13.7. The van der Waals surface area contributed by atoms with Crippen molar-refractivity contribution in [2.75, 3.05) is 17.8 Å². The second-order valence-corrected chi connectivity index (χ2v) is 8.88. The molecule has 0 heterocycles. The molecule has 0 unspecified atom stereocenters. The molecule has 0 radical (unpaired) electrons. The Balaban J connectivity index is 2.29. The number of anilines is 1. The molecule has 10 heteroatoms. The first-order chi connectivity index (χ1) is 12.1. The van der Waals surface area contributed by atoms with Gasteiger partial charge in [0.15, 0.2) is 0 Å². The van der Waals surface area contributed by atoms with Gasteiger partial charge in [0, 0.05) is 24.8 Å². The van der Waals surface area contributed by atoms with Crippen LogP contribution in [0.5, 0.6) is 0 Å². The molecule has 6 nitrogen and oxygen atoms in total. The van der Waals surface area contributed by atoms with Crippen LogP contribution in [-0.4, -0.2) is 34.2 Å². The molecule has 26 heavy (non-hydrogen) atoms. The second kappa shape index (κ2) is 7.68. The topological polar surface area (TPSA) is 83.6 Å². The molecule has 2 aromatic rings. The van der Waals surface area contributed by atoms with Gasteiger partial charge in [-0.25, -0.2) is 25.6 Å². The monoisotopic (exact) mass is 404 g/mol. The first-order valence-corrected chi connectivity index (χ1v) is 10.6. The van der Waals surface area contributed by atoms with Gasteiger partial charge in [-0.2, -0.15) is 4.31 Å². The van der Waals surface area contributed by atoms with E-state index in [4.69, 9.17) is 0 Å². The summed E-state index contributed by atoms with van der Waals surface area (Å²) in [4.78, 5) is -0.698. The average Bonchev–Trinajstić information content (AvgIpc) is 2.55. The first kappa shape index (κ1) is 20.3. The normalized spacial score (nSPS) is 12.3. The molecule has 0 saturated carbocycles. The van der Waals surface area contributed by atoms with Crippen LogP contribution in [0.3, 0.4) is 0 Å². The van der Waals surface area contributed by atoms with Gasteiger partial charge in [-0.3, -0.25) is 4.72 Å². The highest BCUT2D eigenvalue weighted by Crippen LogP contribution is 2.22. The minimum absolute atomic E-state index is 0.0112. The van der Waals surface area contributed by atoms with E-state index in [2.05, 4.69) is 4.72 Å². The Morgan fingerprint density at radius 1 is 0.923 bits per heavy atom. The Morgan fingerprint density at radius 2 is 1.50 bits per heavy atom. The van der Waals surface area contributed by atoms with Gasteiger partial charge in [-0.1, -0.05) is 13.8 Å². The molecule has 2 rings (SSSR count). The van der Waals surface area contributed by atoms with E-state index in [1.54, 1.807) is 13.8 Å². The van der Waals surface area contributed by atoms with Crippen molar-refractivity contribution >= 4 is 25.7 Å². The molecule has 1 N–H and O–H groups in total. The second-order valence-electron chi connectivity index (χ2n) is 5.29. The molecule has 0 aromatic heterocycles. The van der Waals surface area contributed by atoms with Crippen LogP contribution in [0.25, 0.3) is 0 Å². The summed E-state index contributed by atoms with van der Waals surface area (Å²) in [6.45, 7) is 4.02. The molecule has 0 spiro atoms. The van der Waals surface area contributed by atoms with Crippen molar-refractivity contribution in [3.05, 3.63) is 54.1 Å². The summed E-state index contributed by atoms with van der Waals surface area (Å²) in [5.41, 5.74) is 0.0484. The van der Waals surface area contributed by atoms with Crippen LogP contribution in [0.4, 0.5) is 14.5 Å². The number of hydrogen-bond donors (Lipinski definition) is 1. The maximum absolute atomic E-state index is 13.7. The summed E-state index contributed by atoms with van der Waals surface area (Å²) in [6.07, 6.45) is 0. The highest BCUT2D eigenvalue weighted by molar-refractivity contribution is 7.92. The lowest BCUT2D eigenvalue weighted by Gasteiger charge is -2.18. The van der Waals surface area contributed by atoms with Gasteiger partial charge in [0.05, 0.1) is 4.90 Å². The number of nitrogens with zero attached hydrogens (tertiary/aromatic N) is 1. The Bertz CT molecular complexity index is 987. The zero-order valence-corrected chi connectivity index (χ0v) is 15.7. The maximum Gasteiger partial charge on any atom is 0.264 e. The van der Waals surface area contributed by atoms with E-state index in [-0.39, 0.29) is 10.6 Å². The molecule has 142 valence electrons. The van der Waals surface area contributed by atoms with Crippen molar-refractivity contribution in [2.45, 2.75) is 23.6 Å². The van der Waals surface area contributed by atoms with Gasteiger partial charge in [0.1, 0.15) is 16.5 Å². The summed E-state index contributed by atoms with van der Waals surface area (Å²) in [5.74, 6) is -2.12. The van der Waals surface area contributed by atoms with E-state index >= 15 is 0 Å². The highest BCUT2D eigenvalue weighted by Gasteiger charge is 2.23. The van der Waals surface area contributed by atoms with E-state index < -0.39 is 36.6 Å². The number of nitrogens with one attached hydrogen (secondary N) is 1. The molecular formula is C16H18F2N2O4S2. The minimum atomic E-state index is -4.29. The Morgan fingerprint density at radius 3 is 2.00 bits per heavy atom. The van der Waals surface area contributed by atoms with Crippen LogP contribution in [0.15, 0.2) is 52.3 Å². The van der Waals surface area contributed by atoms with Crippen molar-refractivity contribution in [3.8, 4) is 0 Å². The van der Waals surface area contributed by atoms with Gasteiger partial charge < -0.3 is 0 Å². The van der Waals surface area contributed by atoms with Crippen LogP contribution in [0.2, 0.25) is 0 Å². The molecular weight excluding hydrogens is 386 g/mol. The van der Waals surface area contributed by atoms with Crippen LogP contribution >= 0.6 is 0 Å². The number of sulfonamides is 2. The lowest BCUT2D eigenvalue weighted by atomic mass is 10.3. The van der Waals surface area contributed by atoms with Gasteiger partial charge in [-0.15, -0.1) is 0 Å². The summed E-state index contributed by atoms with van der Waals surface area (Å²) in [6, 6.07) is 7.14. The van der Waals surface area contributed by atoms with Crippen LogP contribution < -0.4 is 4.72 Å². The molecule has 0 bridgehead atoms. The van der Waals surface area contributed by atoms with E-state index in [1.807, 2.05) is 0 Å².